The Bertz CT molecular complexity index is 1130. The molecule has 192 valence electrons. The summed E-state index contributed by atoms with van der Waals surface area (Å²) in [6, 6.07) is 13.7. The van der Waals surface area contributed by atoms with Crippen LogP contribution < -0.4 is 4.74 Å². The SMILES string of the molecule is CC(C)CC(=O)N(CC(=O)N1CCc2sccc2C1COc1ccc(C(C)C)cc1)Cc1ccco1. The normalized spacial score (nSPS) is 15.3. The topological polar surface area (TPSA) is 63.0 Å². The Morgan fingerprint density at radius 1 is 1.14 bits per heavy atom. The summed E-state index contributed by atoms with van der Waals surface area (Å²) in [6.07, 6.45) is 2.80. The molecule has 1 unspecified atom stereocenters. The van der Waals surface area contributed by atoms with Crippen LogP contribution in [0.25, 0.3) is 0 Å². The van der Waals surface area contributed by atoms with E-state index in [0.717, 1.165) is 17.7 Å². The van der Waals surface area contributed by atoms with Crippen molar-refractivity contribution < 1.29 is 18.7 Å². The summed E-state index contributed by atoms with van der Waals surface area (Å²) in [5.41, 5.74) is 2.41. The van der Waals surface area contributed by atoms with Gasteiger partial charge in [-0.1, -0.05) is 39.8 Å². The van der Waals surface area contributed by atoms with Crippen molar-refractivity contribution in [1.82, 2.24) is 9.80 Å². The average Bonchev–Trinajstić information content (AvgIpc) is 3.54. The van der Waals surface area contributed by atoms with E-state index in [4.69, 9.17) is 9.15 Å². The van der Waals surface area contributed by atoms with Crippen molar-refractivity contribution in [3.63, 3.8) is 0 Å². The Kier molecular flexibility index (Phi) is 8.52. The third-order valence-electron chi connectivity index (χ3n) is 6.56. The van der Waals surface area contributed by atoms with E-state index in [1.54, 1.807) is 28.6 Å². The van der Waals surface area contributed by atoms with Gasteiger partial charge in [0.15, 0.2) is 0 Å². The number of hydrogen-bond acceptors (Lipinski definition) is 5. The maximum Gasteiger partial charge on any atom is 0.242 e. The van der Waals surface area contributed by atoms with Crippen LogP contribution in [0.2, 0.25) is 0 Å². The number of fused-ring (bicyclic) bond motifs is 1. The second kappa shape index (κ2) is 11.8. The Hall–Kier alpha value is -3.06. The number of rotatable bonds is 10. The first-order chi connectivity index (χ1) is 17.3. The van der Waals surface area contributed by atoms with E-state index in [2.05, 4.69) is 37.4 Å². The van der Waals surface area contributed by atoms with Gasteiger partial charge in [0.25, 0.3) is 0 Å². The van der Waals surface area contributed by atoms with E-state index in [1.165, 1.54) is 10.4 Å². The van der Waals surface area contributed by atoms with E-state index >= 15 is 0 Å². The lowest BCUT2D eigenvalue weighted by Gasteiger charge is -2.37. The van der Waals surface area contributed by atoms with E-state index in [1.807, 2.05) is 36.9 Å². The van der Waals surface area contributed by atoms with E-state index in [-0.39, 0.29) is 36.9 Å². The third-order valence-corrected chi connectivity index (χ3v) is 7.55. The zero-order valence-corrected chi connectivity index (χ0v) is 22.4. The number of thiophene rings is 1. The molecule has 1 aliphatic rings. The molecule has 0 radical (unpaired) electrons. The van der Waals surface area contributed by atoms with Gasteiger partial charge in [-0.2, -0.15) is 0 Å². The molecular formula is C29H36N2O4S. The van der Waals surface area contributed by atoms with Gasteiger partial charge in [0.1, 0.15) is 24.7 Å². The van der Waals surface area contributed by atoms with Crippen LogP contribution in [0.5, 0.6) is 5.75 Å². The van der Waals surface area contributed by atoms with Gasteiger partial charge in [-0.3, -0.25) is 9.59 Å². The van der Waals surface area contributed by atoms with Crippen molar-refractivity contribution in [2.24, 2.45) is 5.92 Å². The molecule has 1 aromatic carbocycles. The van der Waals surface area contributed by atoms with Crippen LogP contribution in [0.1, 0.15) is 67.8 Å². The molecule has 0 spiro atoms. The van der Waals surface area contributed by atoms with Crippen LogP contribution in [0.4, 0.5) is 0 Å². The Morgan fingerprint density at radius 3 is 2.58 bits per heavy atom. The van der Waals surface area contributed by atoms with Crippen molar-refractivity contribution in [3.8, 4) is 5.75 Å². The molecule has 4 rings (SSSR count). The van der Waals surface area contributed by atoms with E-state index in [9.17, 15) is 9.59 Å². The fourth-order valence-electron chi connectivity index (χ4n) is 4.55. The quantitative estimate of drug-likeness (QED) is 0.335. The highest BCUT2D eigenvalue weighted by Gasteiger charge is 2.33. The number of carbonyl (C=O) groups excluding carboxylic acids is 2. The van der Waals surface area contributed by atoms with Gasteiger partial charge in [-0.15, -0.1) is 11.3 Å². The standard InChI is InChI=1S/C29H36N2O4S/c1-20(2)16-28(32)30(17-24-6-5-14-34-24)18-29(33)31-13-11-27-25(12-15-36-27)26(31)19-35-23-9-7-22(8-10-23)21(3)4/h5-10,12,14-15,20-21,26H,11,13,16-19H2,1-4H3. The average molecular weight is 509 g/mol. The molecule has 1 atom stereocenters. The lowest BCUT2D eigenvalue weighted by molar-refractivity contribution is -0.143. The Morgan fingerprint density at radius 2 is 1.92 bits per heavy atom. The van der Waals surface area contributed by atoms with Crippen molar-refractivity contribution in [1.29, 1.82) is 0 Å². The first-order valence-corrected chi connectivity index (χ1v) is 13.6. The second-order valence-electron chi connectivity index (χ2n) is 10.1. The number of furan rings is 1. The van der Waals surface area contributed by atoms with Crippen molar-refractivity contribution >= 4 is 23.2 Å². The molecule has 2 aromatic heterocycles. The predicted octanol–water partition coefficient (Wildman–Crippen LogP) is 6.04. The third kappa shape index (κ3) is 6.38. The summed E-state index contributed by atoms with van der Waals surface area (Å²) in [4.78, 5) is 31.5. The molecule has 3 heterocycles. The lowest BCUT2D eigenvalue weighted by Crippen LogP contribution is -2.47. The number of benzene rings is 1. The number of amides is 2. The van der Waals surface area contributed by atoms with Crippen LogP contribution in [0.3, 0.4) is 0 Å². The van der Waals surface area contributed by atoms with Gasteiger partial charge in [-0.05, 0) is 65.1 Å². The fraction of sp³-hybridized carbons (Fsp3) is 0.448. The molecule has 0 fully saturated rings. The van der Waals surface area contributed by atoms with Gasteiger partial charge in [-0.25, -0.2) is 0 Å². The molecule has 0 bridgehead atoms. The number of nitrogens with zero attached hydrogens (tertiary/aromatic N) is 2. The number of hydrogen-bond donors (Lipinski definition) is 0. The highest BCUT2D eigenvalue weighted by atomic mass is 32.1. The summed E-state index contributed by atoms with van der Waals surface area (Å²) in [6.45, 7) is 9.63. The monoisotopic (exact) mass is 508 g/mol. The van der Waals surface area contributed by atoms with Gasteiger partial charge in [0, 0.05) is 17.8 Å². The van der Waals surface area contributed by atoms with E-state index in [0.29, 0.717) is 31.3 Å². The van der Waals surface area contributed by atoms with Crippen LogP contribution in [-0.4, -0.2) is 41.3 Å². The van der Waals surface area contributed by atoms with Gasteiger partial charge >= 0.3 is 0 Å². The highest BCUT2D eigenvalue weighted by Crippen LogP contribution is 2.34. The smallest absolute Gasteiger partial charge is 0.242 e. The van der Waals surface area contributed by atoms with Crippen LogP contribution in [-0.2, 0) is 22.6 Å². The molecule has 2 amide bonds. The van der Waals surface area contributed by atoms with Crippen LogP contribution >= 0.6 is 11.3 Å². The zero-order valence-electron chi connectivity index (χ0n) is 21.6. The minimum Gasteiger partial charge on any atom is -0.491 e. The summed E-state index contributed by atoms with van der Waals surface area (Å²) in [5, 5.41) is 2.08. The van der Waals surface area contributed by atoms with Crippen molar-refractivity contribution in [2.45, 2.75) is 59.0 Å². The van der Waals surface area contributed by atoms with Gasteiger partial charge < -0.3 is 19.0 Å². The molecule has 7 heteroatoms. The minimum absolute atomic E-state index is 0.0192. The number of carbonyl (C=O) groups is 2. The predicted molar refractivity (Wildman–Crippen MR) is 142 cm³/mol. The first-order valence-electron chi connectivity index (χ1n) is 12.7. The van der Waals surface area contributed by atoms with Crippen molar-refractivity contribution in [2.75, 3.05) is 19.7 Å². The first kappa shape index (κ1) is 26.0. The maximum absolute atomic E-state index is 13.6. The molecule has 0 saturated carbocycles. The molecule has 0 N–H and O–H groups in total. The molecule has 0 saturated heterocycles. The van der Waals surface area contributed by atoms with Crippen LogP contribution in [0, 0.1) is 5.92 Å². The second-order valence-corrected chi connectivity index (χ2v) is 11.1. The maximum atomic E-state index is 13.6. The van der Waals surface area contributed by atoms with Gasteiger partial charge in [0.2, 0.25) is 11.8 Å². The minimum atomic E-state index is -0.192. The molecule has 0 aliphatic carbocycles. The van der Waals surface area contributed by atoms with E-state index < -0.39 is 0 Å². The molecule has 3 aromatic rings. The molecule has 6 nitrogen and oxygen atoms in total. The summed E-state index contributed by atoms with van der Waals surface area (Å²) >= 11 is 1.73. The highest BCUT2D eigenvalue weighted by molar-refractivity contribution is 7.10. The molecular weight excluding hydrogens is 472 g/mol. The largest absolute Gasteiger partial charge is 0.491 e. The van der Waals surface area contributed by atoms with Gasteiger partial charge in [0.05, 0.1) is 18.8 Å². The fourth-order valence-corrected chi connectivity index (χ4v) is 5.48. The Labute approximate surface area is 217 Å². The van der Waals surface area contributed by atoms with Crippen LogP contribution in [0.15, 0.2) is 58.5 Å². The summed E-state index contributed by atoms with van der Waals surface area (Å²) in [7, 11) is 0. The molecule has 1 aliphatic heterocycles. The summed E-state index contributed by atoms with van der Waals surface area (Å²) in [5.74, 6) is 2.02. The molecule has 36 heavy (non-hydrogen) atoms. The zero-order chi connectivity index (χ0) is 25.7. The lowest BCUT2D eigenvalue weighted by atomic mass is 10.00. The Balaban J connectivity index is 1.50. The number of ether oxygens (including phenoxy) is 1. The van der Waals surface area contributed by atoms with Crippen molar-refractivity contribution in [3.05, 3.63) is 75.9 Å². The summed E-state index contributed by atoms with van der Waals surface area (Å²) < 4.78 is 11.7.